The van der Waals surface area contributed by atoms with Gasteiger partial charge in [0.1, 0.15) is 18.3 Å². The molecule has 0 spiro atoms. The van der Waals surface area contributed by atoms with Crippen molar-refractivity contribution in [1.82, 2.24) is 40.2 Å². The van der Waals surface area contributed by atoms with Crippen molar-refractivity contribution in [2.75, 3.05) is 31.9 Å². The number of nitrogens with one attached hydrogen (secondary N) is 2. The summed E-state index contributed by atoms with van der Waals surface area (Å²) in [5, 5.41) is 10.9. The molecule has 44 heavy (non-hydrogen) atoms. The van der Waals surface area contributed by atoms with Crippen LogP contribution in [0.25, 0.3) is 22.6 Å². The molecule has 1 amide bonds. The minimum Gasteiger partial charge on any atom is -0.446 e. The molecule has 1 saturated heterocycles. The molecule has 0 bridgehead atoms. The molecule has 1 aliphatic carbocycles. The van der Waals surface area contributed by atoms with E-state index in [1.807, 2.05) is 15.5 Å². The Hall–Kier alpha value is -4.84. The number of nitrogens with zero attached hydrogens (tertiary/aromatic N) is 7. The molecule has 0 radical (unpaired) electrons. The Labute approximate surface area is 255 Å². The third-order valence-electron chi connectivity index (χ3n) is 8.78. The number of anilines is 1. The average Bonchev–Trinajstić information content (AvgIpc) is 3.86. The van der Waals surface area contributed by atoms with Crippen LogP contribution in [-0.4, -0.2) is 78.5 Å². The molecule has 2 aromatic carbocycles. The van der Waals surface area contributed by atoms with Gasteiger partial charge in [0.2, 0.25) is 5.82 Å². The molecule has 1 unspecified atom stereocenters. The Kier molecular flexibility index (Phi) is 7.89. The summed E-state index contributed by atoms with van der Waals surface area (Å²) < 4.78 is 7.82. The van der Waals surface area contributed by atoms with Crippen LogP contribution in [0.2, 0.25) is 0 Å². The van der Waals surface area contributed by atoms with E-state index in [0.717, 1.165) is 56.5 Å². The summed E-state index contributed by atoms with van der Waals surface area (Å²) in [6, 6.07) is 19.2. The molecule has 3 aromatic heterocycles. The summed E-state index contributed by atoms with van der Waals surface area (Å²) in [6.07, 6.45) is 8.30. The summed E-state index contributed by atoms with van der Waals surface area (Å²) in [4.78, 5) is 29.7. The third kappa shape index (κ3) is 5.85. The zero-order valence-corrected chi connectivity index (χ0v) is 24.6. The minimum atomic E-state index is -0.174. The van der Waals surface area contributed by atoms with E-state index in [0.29, 0.717) is 42.4 Å². The van der Waals surface area contributed by atoms with Gasteiger partial charge in [-0.05, 0) is 55.4 Å². The second-order valence-corrected chi connectivity index (χ2v) is 11.6. The lowest BCUT2D eigenvalue weighted by Gasteiger charge is -2.39. The lowest BCUT2D eigenvalue weighted by atomic mass is 9.95. The van der Waals surface area contributed by atoms with Crippen LogP contribution in [0.1, 0.15) is 48.5 Å². The Morgan fingerprint density at radius 2 is 1.89 bits per heavy atom. The number of hydrogen-bond donors (Lipinski definition) is 3. The normalized spacial score (nSPS) is 16.9. The van der Waals surface area contributed by atoms with Gasteiger partial charge in [-0.25, -0.2) is 9.36 Å². The van der Waals surface area contributed by atoms with Gasteiger partial charge in [0, 0.05) is 32.2 Å². The maximum absolute atomic E-state index is 12.9. The highest BCUT2D eigenvalue weighted by molar-refractivity contribution is 5.80. The first-order valence-corrected chi connectivity index (χ1v) is 15.3. The van der Waals surface area contributed by atoms with Crippen LogP contribution < -0.4 is 10.3 Å². The Bertz CT molecular complexity index is 1710. The number of rotatable bonds is 8. The van der Waals surface area contributed by atoms with Gasteiger partial charge in [0.05, 0.1) is 11.8 Å². The van der Waals surface area contributed by atoms with E-state index < -0.39 is 0 Å². The predicted octanol–water partition coefficient (Wildman–Crippen LogP) is 3.64. The first-order chi connectivity index (χ1) is 21.6. The van der Waals surface area contributed by atoms with E-state index in [4.69, 9.17) is 15.5 Å². The van der Waals surface area contributed by atoms with Crippen molar-refractivity contribution in [1.29, 1.82) is 0 Å². The van der Waals surface area contributed by atoms with Gasteiger partial charge in [-0.3, -0.25) is 4.90 Å². The maximum atomic E-state index is 12.9. The van der Waals surface area contributed by atoms with E-state index in [1.165, 1.54) is 11.1 Å². The lowest BCUT2D eigenvalue weighted by molar-refractivity contribution is -0.656. The van der Waals surface area contributed by atoms with Crippen molar-refractivity contribution in [2.24, 2.45) is 0 Å². The highest BCUT2D eigenvalue weighted by Crippen LogP contribution is 2.30. The number of carbonyl (C=O) groups is 1. The number of aromatic nitrogens is 7. The van der Waals surface area contributed by atoms with Gasteiger partial charge in [-0.1, -0.05) is 52.4 Å². The van der Waals surface area contributed by atoms with Crippen molar-refractivity contribution in [3.63, 3.8) is 0 Å². The molecule has 1 atom stereocenters. The molecule has 4 N–H and O–H groups in total. The summed E-state index contributed by atoms with van der Waals surface area (Å²) >= 11 is 0. The van der Waals surface area contributed by atoms with Crippen molar-refractivity contribution < 1.29 is 14.1 Å². The fraction of sp³-hybridized carbons (Fsp3) is 0.375. The van der Waals surface area contributed by atoms with Crippen molar-refractivity contribution in [2.45, 2.75) is 50.8 Å². The smallest absolute Gasteiger partial charge is 0.410 e. The van der Waals surface area contributed by atoms with Crippen molar-refractivity contribution >= 4 is 23.1 Å². The minimum absolute atomic E-state index is 0.0736. The van der Waals surface area contributed by atoms with Crippen LogP contribution >= 0.6 is 0 Å². The molecule has 1 aliphatic heterocycles. The number of amides is 1. The monoisotopic (exact) mass is 593 g/mol. The SMILES string of the molecule is Nc1nc(-c2cccc(C(Cc3ccccc3)N3CCN(C(=O)OC4CCCC4)CC3)c2)[n+](Cc2cn[nH]n2)c2nc[nH]c12. The summed E-state index contributed by atoms with van der Waals surface area (Å²) in [5.74, 6) is 1.08. The van der Waals surface area contributed by atoms with Crippen LogP contribution in [0.3, 0.4) is 0 Å². The summed E-state index contributed by atoms with van der Waals surface area (Å²) in [5.41, 5.74) is 11.9. The van der Waals surface area contributed by atoms with Crippen LogP contribution in [0.5, 0.6) is 0 Å². The first-order valence-electron chi connectivity index (χ1n) is 15.3. The predicted molar refractivity (Wildman–Crippen MR) is 164 cm³/mol. The number of carbonyl (C=O) groups excluding carboxylic acids is 1. The maximum Gasteiger partial charge on any atom is 0.410 e. The van der Waals surface area contributed by atoms with Gasteiger partial charge < -0.3 is 20.4 Å². The number of H-pyrrole nitrogens is 2. The van der Waals surface area contributed by atoms with Crippen LogP contribution in [0.4, 0.5) is 10.6 Å². The fourth-order valence-electron chi connectivity index (χ4n) is 6.46. The zero-order chi connectivity index (χ0) is 29.9. The van der Waals surface area contributed by atoms with Crippen LogP contribution in [-0.2, 0) is 17.7 Å². The highest BCUT2D eigenvalue weighted by Gasteiger charge is 2.31. The quantitative estimate of drug-likeness (QED) is 0.231. The molecule has 2 fully saturated rings. The van der Waals surface area contributed by atoms with E-state index in [1.54, 1.807) is 12.5 Å². The van der Waals surface area contributed by atoms with E-state index in [-0.39, 0.29) is 18.2 Å². The average molecular weight is 594 g/mol. The Balaban J connectivity index is 1.19. The number of ether oxygens (including phenoxy) is 1. The van der Waals surface area contributed by atoms with Gasteiger partial charge in [0.25, 0.3) is 11.5 Å². The highest BCUT2D eigenvalue weighted by atomic mass is 16.6. The molecule has 4 heterocycles. The number of benzene rings is 2. The van der Waals surface area contributed by atoms with Crippen LogP contribution in [0.15, 0.2) is 67.1 Å². The summed E-state index contributed by atoms with van der Waals surface area (Å²) in [6.45, 7) is 3.23. The second-order valence-electron chi connectivity index (χ2n) is 11.6. The molecule has 2 aliphatic rings. The Morgan fingerprint density at radius 3 is 2.66 bits per heavy atom. The number of hydrogen-bond acceptors (Lipinski definition) is 8. The lowest BCUT2D eigenvalue weighted by Crippen LogP contribution is -2.50. The molecule has 7 rings (SSSR count). The van der Waals surface area contributed by atoms with Gasteiger partial charge in [0.15, 0.2) is 11.8 Å². The number of imidazole rings is 1. The first kappa shape index (κ1) is 28.0. The molecular formula is C32H37N10O2+. The van der Waals surface area contributed by atoms with Gasteiger partial charge >= 0.3 is 6.09 Å². The van der Waals surface area contributed by atoms with E-state index >= 15 is 0 Å². The van der Waals surface area contributed by atoms with E-state index in [2.05, 4.69) is 78.8 Å². The molecule has 226 valence electrons. The number of fused-ring (bicyclic) bond motifs is 1. The molecule has 12 heteroatoms. The summed E-state index contributed by atoms with van der Waals surface area (Å²) in [7, 11) is 0. The van der Waals surface area contributed by atoms with Gasteiger partial charge in [-0.2, -0.15) is 15.4 Å². The van der Waals surface area contributed by atoms with Crippen molar-refractivity contribution in [3.8, 4) is 11.4 Å². The third-order valence-corrected chi connectivity index (χ3v) is 8.78. The standard InChI is InChI=1S/C32H36N10O2/c33-29-28-31(35-21-34-28)42(20-25-19-36-39-38-25)30(37-29)24-10-6-9-23(18-24)27(17-22-7-2-1-3-8-22)40-13-15-41(16-14-40)32(43)44-26-11-4-5-12-26/h1-3,6-10,18-19,21,26-27H,4-5,11-17,20H2,(H3,33,34,35,36,38,39)/p+1. The number of nitrogens with two attached hydrogens (primary N) is 1. The number of piperazine rings is 1. The van der Waals surface area contributed by atoms with E-state index in [9.17, 15) is 4.79 Å². The Morgan fingerprint density at radius 1 is 1.07 bits per heavy atom. The molecule has 12 nitrogen and oxygen atoms in total. The number of nitrogen functional groups attached to an aromatic ring is 1. The van der Waals surface area contributed by atoms with Gasteiger partial charge in [-0.15, -0.1) is 0 Å². The largest absolute Gasteiger partial charge is 0.446 e. The molecule has 5 aromatic rings. The topological polar surface area (TPSA) is 146 Å². The second kappa shape index (κ2) is 12.4. The zero-order valence-electron chi connectivity index (χ0n) is 24.6. The van der Waals surface area contributed by atoms with Crippen molar-refractivity contribution in [3.05, 3.63) is 83.9 Å². The number of aromatic amines is 2. The van der Waals surface area contributed by atoms with Crippen LogP contribution in [0, 0.1) is 0 Å². The molecule has 1 saturated carbocycles. The fourth-order valence-corrected chi connectivity index (χ4v) is 6.46. The molecular weight excluding hydrogens is 556 g/mol.